The van der Waals surface area contributed by atoms with Crippen LogP contribution in [0, 0.1) is 0 Å². The summed E-state index contributed by atoms with van der Waals surface area (Å²) < 4.78 is 6.69. The smallest absolute Gasteiger partial charge is 0.329 e. The summed E-state index contributed by atoms with van der Waals surface area (Å²) in [4.78, 5) is 31.4. The minimum absolute atomic E-state index is 0.172. The maximum absolute atomic E-state index is 12.9. The van der Waals surface area contributed by atoms with Gasteiger partial charge < -0.3 is 4.74 Å². The van der Waals surface area contributed by atoms with Gasteiger partial charge in [-0.25, -0.2) is 9.78 Å². The minimum atomic E-state index is -0.756. The number of esters is 1. The average molecular weight is 390 g/mol. The van der Waals surface area contributed by atoms with Crippen LogP contribution in [0.15, 0.2) is 77.9 Å². The normalized spacial score (nSPS) is 12.0. The Labute approximate surface area is 165 Å². The van der Waals surface area contributed by atoms with Crippen molar-refractivity contribution in [1.29, 1.82) is 0 Å². The van der Waals surface area contributed by atoms with Gasteiger partial charge in [0.05, 0.1) is 11.7 Å². The van der Waals surface area contributed by atoms with Gasteiger partial charge in [-0.3, -0.25) is 9.36 Å². The summed E-state index contributed by atoms with van der Waals surface area (Å²) in [5.74, 6) is -0.467. The number of hydrogen-bond donors (Lipinski definition) is 0. The number of nitrogens with zero attached hydrogens (tertiary/aromatic N) is 2. The summed E-state index contributed by atoms with van der Waals surface area (Å²) in [5, 5.41) is 0.508. The predicted molar refractivity (Wildman–Crippen MR) is 110 cm³/mol. The first-order valence-electron chi connectivity index (χ1n) is 8.90. The van der Waals surface area contributed by atoms with E-state index < -0.39 is 12.0 Å². The quantitative estimate of drug-likeness (QED) is 0.473. The summed E-state index contributed by atoms with van der Waals surface area (Å²) in [6.07, 6.45) is 1.42. The molecule has 2 heterocycles. The Morgan fingerprint density at radius 2 is 1.79 bits per heavy atom. The molecule has 0 saturated carbocycles. The molecule has 5 nitrogen and oxygen atoms in total. The lowest BCUT2D eigenvalue weighted by Gasteiger charge is -2.14. The Kier molecular flexibility index (Phi) is 5.04. The molecular formula is C22H18N2O3S. The summed E-state index contributed by atoms with van der Waals surface area (Å²) in [6.45, 7) is 1.82. The van der Waals surface area contributed by atoms with Crippen LogP contribution in [0.2, 0.25) is 0 Å². The van der Waals surface area contributed by atoms with E-state index in [-0.39, 0.29) is 12.2 Å². The first-order chi connectivity index (χ1) is 13.6. The van der Waals surface area contributed by atoms with E-state index in [1.807, 2.05) is 66.7 Å². The lowest BCUT2D eigenvalue weighted by Crippen LogP contribution is -2.29. The van der Waals surface area contributed by atoms with Crippen LogP contribution in [0.1, 0.15) is 18.5 Å². The van der Waals surface area contributed by atoms with Gasteiger partial charge in [-0.2, -0.15) is 0 Å². The molecule has 0 spiro atoms. The molecule has 2 aromatic carbocycles. The van der Waals surface area contributed by atoms with Gasteiger partial charge >= 0.3 is 5.97 Å². The molecule has 1 atom stereocenters. The van der Waals surface area contributed by atoms with Gasteiger partial charge in [-0.1, -0.05) is 60.7 Å². The molecule has 0 fully saturated rings. The van der Waals surface area contributed by atoms with Crippen LogP contribution < -0.4 is 5.56 Å². The van der Waals surface area contributed by atoms with E-state index in [2.05, 4.69) is 4.98 Å². The van der Waals surface area contributed by atoms with Gasteiger partial charge in [0.15, 0.2) is 0 Å². The van der Waals surface area contributed by atoms with E-state index in [9.17, 15) is 9.59 Å². The molecule has 2 aromatic heterocycles. The minimum Gasteiger partial charge on any atom is -0.459 e. The van der Waals surface area contributed by atoms with Crippen molar-refractivity contribution in [2.24, 2.45) is 0 Å². The van der Waals surface area contributed by atoms with Crippen molar-refractivity contribution in [3.05, 3.63) is 89.0 Å². The largest absolute Gasteiger partial charge is 0.459 e. The van der Waals surface area contributed by atoms with Crippen LogP contribution in [-0.2, 0) is 16.1 Å². The molecule has 6 heteroatoms. The molecule has 4 rings (SSSR count). The summed E-state index contributed by atoms with van der Waals surface area (Å²) >= 11 is 1.46. The van der Waals surface area contributed by atoms with Crippen LogP contribution in [0.3, 0.4) is 0 Å². The van der Waals surface area contributed by atoms with E-state index in [1.165, 1.54) is 22.2 Å². The van der Waals surface area contributed by atoms with Crippen molar-refractivity contribution in [2.75, 3.05) is 0 Å². The third-order valence-corrected chi connectivity index (χ3v) is 5.61. The highest BCUT2D eigenvalue weighted by Crippen LogP contribution is 2.30. The maximum atomic E-state index is 12.9. The van der Waals surface area contributed by atoms with Gasteiger partial charge in [0.2, 0.25) is 0 Å². The van der Waals surface area contributed by atoms with Crippen molar-refractivity contribution in [1.82, 2.24) is 9.55 Å². The predicted octanol–water partition coefficient (Wildman–Crippen LogP) is 4.43. The second-order valence-corrected chi connectivity index (χ2v) is 7.45. The van der Waals surface area contributed by atoms with Crippen LogP contribution >= 0.6 is 11.3 Å². The molecule has 1 unspecified atom stereocenters. The van der Waals surface area contributed by atoms with Crippen LogP contribution in [0.4, 0.5) is 0 Å². The summed E-state index contributed by atoms with van der Waals surface area (Å²) in [6, 6.07) is 20.4. The lowest BCUT2D eigenvalue weighted by molar-refractivity contribution is -0.148. The maximum Gasteiger partial charge on any atom is 0.329 e. The Bertz CT molecular complexity index is 1170. The van der Waals surface area contributed by atoms with Crippen molar-refractivity contribution < 1.29 is 9.53 Å². The fourth-order valence-electron chi connectivity index (χ4n) is 2.92. The zero-order valence-electron chi connectivity index (χ0n) is 15.2. The first-order valence-corrected chi connectivity index (χ1v) is 9.72. The molecule has 0 saturated heterocycles. The Morgan fingerprint density at radius 1 is 1.11 bits per heavy atom. The standard InChI is InChI=1S/C22H18N2O3S/c1-15(22(26)27-13-16-8-4-2-5-9-16)24-14-23-20-18(21(24)25)12-19(28-20)17-10-6-3-7-11-17/h2-12,14-15H,13H2,1H3. The topological polar surface area (TPSA) is 61.2 Å². The van der Waals surface area contributed by atoms with Crippen molar-refractivity contribution in [3.8, 4) is 10.4 Å². The van der Waals surface area contributed by atoms with E-state index in [4.69, 9.17) is 4.74 Å². The number of aromatic nitrogens is 2. The number of fused-ring (bicyclic) bond motifs is 1. The van der Waals surface area contributed by atoms with E-state index in [0.717, 1.165) is 16.0 Å². The molecular weight excluding hydrogens is 372 g/mol. The Morgan fingerprint density at radius 3 is 2.50 bits per heavy atom. The van der Waals surface area contributed by atoms with E-state index in [1.54, 1.807) is 6.92 Å². The molecule has 0 aliphatic rings. The molecule has 4 aromatic rings. The van der Waals surface area contributed by atoms with Gasteiger partial charge in [0.25, 0.3) is 5.56 Å². The number of hydrogen-bond acceptors (Lipinski definition) is 5. The Balaban J connectivity index is 1.59. The third kappa shape index (κ3) is 3.59. The molecule has 0 aliphatic carbocycles. The zero-order valence-corrected chi connectivity index (χ0v) is 16.1. The second kappa shape index (κ2) is 7.78. The molecule has 0 radical (unpaired) electrons. The molecule has 0 N–H and O–H groups in total. The molecule has 28 heavy (non-hydrogen) atoms. The van der Waals surface area contributed by atoms with Gasteiger partial charge in [-0.15, -0.1) is 11.3 Å². The van der Waals surface area contributed by atoms with Crippen LogP contribution in [0.25, 0.3) is 20.7 Å². The number of ether oxygens (including phenoxy) is 1. The number of thiophene rings is 1. The average Bonchev–Trinajstić information content (AvgIpc) is 3.18. The highest BCUT2D eigenvalue weighted by molar-refractivity contribution is 7.21. The van der Waals surface area contributed by atoms with E-state index >= 15 is 0 Å². The SMILES string of the molecule is CC(C(=O)OCc1ccccc1)n1cnc2sc(-c3ccccc3)cc2c1=O. The third-order valence-electron chi connectivity index (χ3n) is 4.52. The van der Waals surface area contributed by atoms with Crippen molar-refractivity contribution in [3.63, 3.8) is 0 Å². The monoisotopic (exact) mass is 390 g/mol. The number of rotatable bonds is 5. The van der Waals surface area contributed by atoms with Gasteiger partial charge in [-0.05, 0) is 24.1 Å². The number of carbonyl (C=O) groups excluding carboxylic acids is 1. The summed E-state index contributed by atoms with van der Waals surface area (Å²) in [5.41, 5.74) is 1.69. The summed E-state index contributed by atoms with van der Waals surface area (Å²) in [7, 11) is 0. The molecule has 0 aliphatic heterocycles. The van der Waals surface area contributed by atoms with Crippen LogP contribution in [-0.4, -0.2) is 15.5 Å². The van der Waals surface area contributed by atoms with Crippen molar-refractivity contribution in [2.45, 2.75) is 19.6 Å². The molecule has 0 amide bonds. The fraction of sp³-hybridized carbons (Fsp3) is 0.136. The highest BCUT2D eigenvalue weighted by Gasteiger charge is 2.20. The zero-order chi connectivity index (χ0) is 19.5. The van der Waals surface area contributed by atoms with E-state index in [0.29, 0.717) is 10.2 Å². The highest BCUT2D eigenvalue weighted by atomic mass is 32.1. The number of benzene rings is 2. The van der Waals surface area contributed by atoms with Gasteiger partial charge in [0, 0.05) is 4.88 Å². The van der Waals surface area contributed by atoms with Crippen LogP contribution in [0.5, 0.6) is 0 Å². The lowest BCUT2D eigenvalue weighted by atomic mass is 10.2. The van der Waals surface area contributed by atoms with Gasteiger partial charge in [0.1, 0.15) is 17.5 Å². The fourth-order valence-corrected chi connectivity index (χ4v) is 3.92. The van der Waals surface area contributed by atoms with Crippen molar-refractivity contribution >= 4 is 27.5 Å². The molecule has 0 bridgehead atoms. The Hall–Kier alpha value is -3.25. The number of carbonyl (C=O) groups is 1. The second-order valence-electron chi connectivity index (χ2n) is 6.42. The molecule has 140 valence electrons. The first kappa shape index (κ1) is 18.1.